The highest BCUT2D eigenvalue weighted by Crippen LogP contribution is 2.49. The summed E-state index contributed by atoms with van der Waals surface area (Å²) in [6.45, 7) is 8.93. The number of hydrogen-bond acceptors (Lipinski definition) is 6. The highest BCUT2D eigenvalue weighted by atomic mass is 16.5. The molecule has 0 spiro atoms. The second kappa shape index (κ2) is 7.90. The Hall–Kier alpha value is -2.62. The Morgan fingerprint density at radius 2 is 1.87 bits per heavy atom. The maximum atomic E-state index is 13.4. The van der Waals surface area contributed by atoms with E-state index >= 15 is 0 Å². The van der Waals surface area contributed by atoms with Crippen molar-refractivity contribution in [2.75, 3.05) is 26.3 Å². The SMILES string of the molecule is CCc1ccc(C2C(C#N)=C(N)N(N3CCOCC3)C3=C2C(=O)CC(C)(C)C3)cc1. The van der Waals surface area contributed by atoms with Crippen LogP contribution in [0.4, 0.5) is 0 Å². The average Bonchev–Trinajstić information content (AvgIpc) is 2.73. The van der Waals surface area contributed by atoms with E-state index in [1.54, 1.807) is 0 Å². The summed E-state index contributed by atoms with van der Waals surface area (Å²) in [6.07, 6.45) is 2.17. The third-order valence-electron chi connectivity index (χ3n) is 6.35. The number of morpholine rings is 1. The van der Waals surface area contributed by atoms with Crippen molar-refractivity contribution < 1.29 is 9.53 Å². The molecule has 1 saturated heterocycles. The van der Waals surface area contributed by atoms with E-state index in [4.69, 9.17) is 10.5 Å². The number of aryl methyl sites for hydroxylation is 1. The minimum atomic E-state index is -0.406. The highest BCUT2D eigenvalue weighted by molar-refractivity contribution is 6.00. The number of Topliss-reactive ketones (excluding diaryl/α,β-unsaturated/α-hetero) is 1. The van der Waals surface area contributed by atoms with Gasteiger partial charge in [0.25, 0.3) is 0 Å². The standard InChI is InChI=1S/C24H30N4O2/c1-4-16-5-7-17(8-6-16)21-18(15-25)23(26)28(27-9-11-30-12-10-27)19-13-24(2,3)14-20(29)22(19)21/h5-8,21H,4,9-14,26H2,1-3H3. The number of benzene rings is 1. The number of carbonyl (C=O) groups excluding carboxylic acids is 1. The molecular formula is C24H30N4O2. The van der Waals surface area contributed by atoms with E-state index in [1.807, 2.05) is 17.1 Å². The lowest BCUT2D eigenvalue weighted by Gasteiger charge is -2.48. The average molecular weight is 407 g/mol. The zero-order valence-electron chi connectivity index (χ0n) is 18.1. The molecule has 1 aliphatic carbocycles. The fourth-order valence-corrected chi connectivity index (χ4v) is 4.85. The molecule has 0 aromatic heterocycles. The van der Waals surface area contributed by atoms with Gasteiger partial charge in [0, 0.05) is 30.8 Å². The molecule has 2 heterocycles. The third-order valence-corrected chi connectivity index (χ3v) is 6.35. The van der Waals surface area contributed by atoms with Crippen molar-refractivity contribution in [3.63, 3.8) is 0 Å². The number of ketones is 1. The molecule has 30 heavy (non-hydrogen) atoms. The number of nitrogens with zero attached hydrogens (tertiary/aromatic N) is 3. The predicted molar refractivity (Wildman–Crippen MR) is 115 cm³/mol. The van der Waals surface area contributed by atoms with Crippen LogP contribution in [0.3, 0.4) is 0 Å². The van der Waals surface area contributed by atoms with Crippen LogP contribution in [-0.2, 0) is 16.0 Å². The molecule has 1 atom stereocenters. The van der Waals surface area contributed by atoms with Crippen LogP contribution < -0.4 is 5.73 Å². The highest BCUT2D eigenvalue weighted by Gasteiger charge is 2.45. The first kappa shape index (κ1) is 20.6. The number of nitrogens with two attached hydrogens (primary N) is 1. The summed E-state index contributed by atoms with van der Waals surface area (Å²) in [4.78, 5) is 13.4. The zero-order valence-corrected chi connectivity index (χ0v) is 18.1. The van der Waals surface area contributed by atoms with Crippen LogP contribution in [-0.4, -0.2) is 42.1 Å². The van der Waals surface area contributed by atoms with Gasteiger partial charge < -0.3 is 10.5 Å². The van der Waals surface area contributed by atoms with Crippen LogP contribution in [0.2, 0.25) is 0 Å². The lowest BCUT2D eigenvalue weighted by molar-refractivity contribution is -0.119. The van der Waals surface area contributed by atoms with Crippen molar-refractivity contribution in [3.8, 4) is 6.07 Å². The lowest BCUT2D eigenvalue weighted by Crippen LogP contribution is -2.53. The molecule has 0 radical (unpaired) electrons. The van der Waals surface area contributed by atoms with Crippen LogP contribution in [0.15, 0.2) is 46.9 Å². The Morgan fingerprint density at radius 1 is 1.20 bits per heavy atom. The first-order chi connectivity index (χ1) is 14.4. The summed E-state index contributed by atoms with van der Waals surface area (Å²) in [5.41, 5.74) is 10.8. The maximum absolute atomic E-state index is 13.4. The van der Waals surface area contributed by atoms with Crippen molar-refractivity contribution in [1.29, 1.82) is 5.26 Å². The van der Waals surface area contributed by atoms with Crippen LogP contribution in [0.1, 0.15) is 50.7 Å². The largest absolute Gasteiger partial charge is 0.383 e. The number of hydrogen-bond donors (Lipinski definition) is 1. The van der Waals surface area contributed by atoms with Gasteiger partial charge in [0.05, 0.1) is 30.8 Å². The van der Waals surface area contributed by atoms with Gasteiger partial charge >= 0.3 is 0 Å². The first-order valence-corrected chi connectivity index (χ1v) is 10.7. The second-order valence-electron chi connectivity index (χ2n) is 9.12. The molecule has 1 aromatic carbocycles. The van der Waals surface area contributed by atoms with Gasteiger partial charge in [0.15, 0.2) is 5.78 Å². The van der Waals surface area contributed by atoms with Crippen molar-refractivity contribution in [3.05, 3.63) is 58.1 Å². The monoisotopic (exact) mass is 406 g/mol. The number of hydrazine groups is 1. The lowest BCUT2D eigenvalue weighted by atomic mass is 9.69. The summed E-state index contributed by atoms with van der Waals surface area (Å²) >= 11 is 0. The fraction of sp³-hybridized carbons (Fsp3) is 0.500. The molecule has 158 valence electrons. The summed E-state index contributed by atoms with van der Waals surface area (Å²) < 4.78 is 5.52. The molecule has 2 N–H and O–H groups in total. The van der Waals surface area contributed by atoms with Gasteiger partial charge in [-0.2, -0.15) is 5.26 Å². The molecule has 1 aromatic rings. The molecule has 1 fully saturated rings. The van der Waals surface area contributed by atoms with E-state index in [0.29, 0.717) is 44.1 Å². The Kier molecular flexibility index (Phi) is 5.44. The van der Waals surface area contributed by atoms with Gasteiger partial charge in [-0.3, -0.25) is 9.80 Å². The Labute approximate surface area is 178 Å². The Bertz CT molecular complexity index is 946. The van der Waals surface area contributed by atoms with Crippen molar-refractivity contribution in [1.82, 2.24) is 10.0 Å². The molecule has 1 unspecified atom stereocenters. The number of carbonyl (C=O) groups is 1. The topological polar surface area (TPSA) is 82.6 Å². The van der Waals surface area contributed by atoms with Crippen molar-refractivity contribution in [2.45, 2.75) is 46.0 Å². The van der Waals surface area contributed by atoms with E-state index in [2.05, 4.69) is 44.0 Å². The summed E-state index contributed by atoms with van der Waals surface area (Å²) in [5.74, 6) is 0.148. The Balaban J connectivity index is 1.89. The predicted octanol–water partition coefficient (Wildman–Crippen LogP) is 3.23. The van der Waals surface area contributed by atoms with Crippen LogP contribution in [0.5, 0.6) is 0 Å². The number of allylic oxidation sites excluding steroid dienone is 3. The van der Waals surface area contributed by atoms with Crippen LogP contribution in [0, 0.1) is 16.7 Å². The quantitative estimate of drug-likeness (QED) is 0.830. The van der Waals surface area contributed by atoms with E-state index in [9.17, 15) is 10.1 Å². The number of ether oxygens (including phenoxy) is 1. The van der Waals surface area contributed by atoms with E-state index in [1.165, 1.54) is 5.56 Å². The Morgan fingerprint density at radius 3 is 2.47 bits per heavy atom. The molecule has 2 aliphatic heterocycles. The summed E-state index contributed by atoms with van der Waals surface area (Å²) in [6, 6.07) is 10.6. The molecule has 4 rings (SSSR count). The van der Waals surface area contributed by atoms with Crippen molar-refractivity contribution >= 4 is 5.78 Å². The third kappa shape index (κ3) is 3.53. The fourth-order valence-electron chi connectivity index (χ4n) is 4.85. The number of rotatable bonds is 3. The minimum absolute atomic E-state index is 0.115. The van der Waals surface area contributed by atoms with Gasteiger partial charge in [-0.25, -0.2) is 5.01 Å². The molecule has 0 saturated carbocycles. The van der Waals surface area contributed by atoms with Crippen molar-refractivity contribution in [2.24, 2.45) is 11.1 Å². The van der Waals surface area contributed by atoms with E-state index < -0.39 is 5.92 Å². The van der Waals surface area contributed by atoms with Gasteiger partial charge in [0.1, 0.15) is 5.82 Å². The smallest absolute Gasteiger partial charge is 0.162 e. The summed E-state index contributed by atoms with van der Waals surface area (Å²) in [5, 5.41) is 14.2. The van der Waals surface area contributed by atoms with Crippen LogP contribution >= 0.6 is 0 Å². The molecule has 3 aliphatic rings. The maximum Gasteiger partial charge on any atom is 0.162 e. The van der Waals surface area contributed by atoms with Gasteiger partial charge in [-0.1, -0.05) is 45.0 Å². The molecule has 0 amide bonds. The van der Waals surface area contributed by atoms with E-state index in [-0.39, 0.29) is 11.2 Å². The summed E-state index contributed by atoms with van der Waals surface area (Å²) in [7, 11) is 0. The normalized spacial score (nSPS) is 24.7. The molecule has 6 heteroatoms. The second-order valence-corrected chi connectivity index (χ2v) is 9.12. The number of nitriles is 1. The molecule has 0 bridgehead atoms. The van der Waals surface area contributed by atoms with Gasteiger partial charge in [-0.15, -0.1) is 0 Å². The van der Waals surface area contributed by atoms with Gasteiger partial charge in [0.2, 0.25) is 0 Å². The first-order valence-electron chi connectivity index (χ1n) is 10.7. The zero-order chi connectivity index (χ0) is 21.5. The molecule has 6 nitrogen and oxygen atoms in total. The minimum Gasteiger partial charge on any atom is -0.383 e. The van der Waals surface area contributed by atoms with E-state index in [0.717, 1.165) is 29.7 Å². The van der Waals surface area contributed by atoms with Gasteiger partial charge in [-0.05, 0) is 29.4 Å². The molecular weight excluding hydrogens is 376 g/mol. The van der Waals surface area contributed by atoms with Crippen LogP contribution in [0.25, 0.3) is 0 Å².